The average molecular weight is 277 g/mol. The summed E-state index contributed by atoms with van der Waals surface area (Å²) in [6, 6.07) is 0. The third-order valence-electron chi connectivity index (χ3n) is 2.47. The fraction of sp³-hybridized carbons (Fsp3) is 0.385. The number of nitrogens with zero attached hydrogens (tertiary/aromatic N) is 4. The summed E-state index contributed by atoms with van der Waals surface area (Å²) in [6.07, 6.45) is 4.60. The standard InChI is InChI=1S/C13H19N5O2/c1-5-18-8-9(16-12(18)13(2,3)4)6-15-7-10(17-14)11(19)20/h5,7-8H,1,6,14H2,2-4H3,(H,19,20). The van der Waals surface area contributed by atoms with Gasteiger partial charge in [0, 0.05) is 17.8 Å². The van der Waals surface area contributed by atoms with Crippen molar-refractivity contribution in [3.05, 3.63) is 24.3 Å². The number of hydrogen-bond acceptors (Lipinski definition) is 5. The van der Waals surface area contributed by atoms with Crippen LogP contribution in [0.4, 0.5) is 0 Å². The van der Waals surface area contributed by atoms with Crippen molar-refractivity contribution in [2.45, 2.75) is 32.7 Å². The van der Waals surface area contributed by atoms with Gasteiger partial charge in [-0.3, -0.25) is 4.99 Å². The van der Waals surface area contributed by atoms with Crippen LogP contribution in [-0.2, 0) is 16.8 Å². The molecular weight excluding hydrogens is 258 g/mol. The fourth-order valence-corrected chi connectivity index (χ4v) is 1.58. The van der Waals surface area contributed by atoms with Gasteiger partial charge < -0.3 is 15.5 Å². The molecule has 7 nitrogen and oxygen atoms in total. The lowest BCUT2D eigenvalue weighted by molar-refractivity contribution is -0.129. The van der Waals surface area contributed by atoms with Gasteiger partial charge >= 0.3 is 5.97 Å². The number of rotatable bonds is 5. The Kier molecular flexibility index (Phi) is 4.79. The summed E-state index contributed by atoms with van der Waals surface area (Å²) < 4.78 is 1.83. The molecule has 0 saturated heterocycles. The lowest BCUT2D eigenvalue weighted by Gasteiger charge is -2.17. The first-order valence-electron chi connectivity index (χ1n) is 6.01. The molecule has 0 aromatic carbocycles. The largest absolute Gasteiger partial charge is 0.476 e. The van der Waals surface area contributed by atoms with E-state index in [0.29, 0.717) is 5.69 Å². The van der Waals surface area contributed by atoms with Gasteiger partial charge in [0.05, 0.1) is 18.5 Å². The zero-order valence-corrected chi connectivity index (χ0v) is 11.9. The lowest BCUT2D eigenvalue weighted by atomic mass is 9.96. The highest BCUT2D eigenvalue weighted by atomic mass is 16.4. The first-order chi connectivity index (χ1) is 9.29. The Bertz CT molecular complexity index is 564. The first-order valence-corrected chi connectivity index (χ1v) is 6.01. The molecule has 20 heavy (non-hydrogen) atoms. The molecule has 108 valence electrons. The maximum Gasteiger partial charge on any atom is 0.357 e. The van der Waals surface area contributed by atoms with E-state index in [4.69, 9.17) is 10.9 Å². The van der Waals surface area contributed by atoms with Crippen LogP contribution in [0.15, 0.2) is 22.9 Å². The Balaban J connectivity index is 2.90. The minimum Gasteiger partial charge on any atom is -0.476 e. The smallest absolute Gasteiger partial charge is 0.357 e. The van der Waals surface area contributed by atoms with Crippen molar-refractivity contribution in [1.82, 2.24) is 9.55 Å². The van der Waals surface area contributed by atoms with Crippen LogP contribution >= 0.6 is 0 Å². The highest BCUT2D eigenvalue weighted by Crippen LogP contribution is 2.22. The number of hydrazone groups is 1. The molecule has 1 rings (SSSR count). The zero-order valence-electron chi connectivity index (χ0n) is 11.9. The number of imidazole rings is 1. The Hall–Kier alpha value is -2.44. The van der Waals surface area contributed by atoms with Crippen LogP contribution < -0.4 is 5.84 Å². The number of carbonyl (C=O) groups is 1. The minimum absolute atomic E-state index is 0.124. The molecule has 1 heterocycles. The van der Waals surface area contributed by atoms with Crippen molar-refractivity contribution in [2.24, 2.45) is 15.9 Å². The maximum atomic E-state index is 10.7. The number of aromatic nitrogens is 2. The second kappa shape index (κ2) is 6.14. The van der Waals surface area contributed by atoms with E-state index in [2.05, 4.69) is 21.7 Å². The molecule has 0 spiro atoms. The van der Waals surface area contributed by atoms with Gasteiger partial charge in [0.2, 0.25) is 0 Å². The normalized spacial score (nSPS) is 12.8. The van der Waals surface area contributed by atoms with E-state index in [1.807, 2.05) is 31.5 Å². The van der Waals surface area contributed by atoms with E-state index < -0.39 is 5.97 Å². The van der Waals surface area contributed by atoms with Gasteiger partial charge in [0.25, 0.3) is 0 Å². The molecule has 0 amide bonds. The van der Waals surface area contributed by atoms with Crippen LogP contribution in [0.5, 0.6) is 0 Å². The summed E-state index contributed by atoms with van der Waals surface area (Å²) in [6.45, 7) is 10.1. The Labute approximate surface area is 117 Å². The van der Waals surface area contributed by atoms with E-state index >= 15 is 0 Å². The van der Waals surface area contributed by atoms with Crippen molar-refractivity contribution in [3.8, 4) is 0 Å². The van der Waals surface area contributed by atoms with E-state index in [1.54, 1.807) is 6.20 Å². The molecule has 0 aliphatic heterocycles. The quantitative estimate of drug-likeness (QED) is 0.480. The minimum atomic E-state index is -1.22. The number of aliphatic carboxylic acids is 1. The molecule has 3 N–H and O–H groups in total. The van der Waals surface area contributed by atoms with Gasteiger partial charge in [-0.25, -0.2) is 9.78 Å². The van der Waals surface area contributed by atoms with Crippen molar-refractivity contribution in [2.75, 3.05) is 0 Å². The van der Waals surface area contributed by atoms with Crippen LogP contribution in [-0.4, -0.2) is 32.6 Å². The Morgan fingerprint density at radius 1 is 1.60 bits per heavy atom. The molecule has 0 unspecified atom stereocenters. The molecule has 7 heteroatoms. The van der Waals surface area contributed by atoms with Crippen LogP contribution in [0, 0.1) is 0 Å². The van der Waals surface area contributed by atoms with Gasteiger partial charge in [-0.15, -0.1) is 0 Å². The third-order valence-corrected chi connectivity index (χ3v) is 2.47. The topological polar surface area (TPSA) is 106 Å². The van der Waals surface area contributed by atoms with E-state index in [9.17, 15) is 4.79 Å². The monoisotopic (exact) mass is 277 g/mol. The summed E-state index contributed by atoms with van der Waals surface area (Å²) in [5, 5.41) is 11.9. The lowest BCUT2D eigenvalue weighted by Crippen LogP contribution is -2.16. The molecule has 0 saturated carbocycles. The molecule has 0 bridgehead atoms. The van der Waals surface area contributed by atoms with E-state index in [1.165, 1.54) is 0 Å². The summed E-state index contributed by atoms with van der Waals surface area (Å²) in [4.78, 5) is 19.1. The number of nitrogens with two attached hydrogens (primary N) is 1. The summed E-state index contributed by atoms with van der Waals surface area (Å²) in [5.41, 5.74) is 0.290. The number of hydrogen-bond donors (Lipinski definition) is 2. The molecule has 1 aromatic rings. The number of aliphatic imine (C=N–C) groups is 1. The third kappa shape index (κ3) is 3.78. The van der Waals surface area contributed by atoms with Crippen molar-refractivity contribution in [1.29, 1.82) is 0 Å². The Morgan fingerprint density at radius 3 is 2.65 bits per heavy atom. The SMILES string of the molecule is C=Cn1cc(CN=CC(=NN)C(=O)O)nc1C(C)(C)C. The summed E-state index contributed by atoms with van der Waals surface area (Å²) >= 11 is 0. The molecule has 0 fully saturated rings. The van der Waals surface area contributed by atoms with Crippen LogP contribution in [0.2, 0.25) is 0 Å². The Morgan fingerprint density at radius 2 is 2.25 bits per heavy atom. The molecule has 1 aromatic heterocycles. The molecule has 0 aliphatic carbocycles. The van der Waals surface area contributed by atoms with Crippen molar-refractivity contribution in [3.63, 3.8) is 0 Å². The van der Waals surface area contributed by atoms with Gasteiger partial charge in [-0.1, -0.05) is 27.4 Å². The van der Waals surface area contributed by atoms with Gasteiger partial charge in [-0.05, 0) is 0 Å². The average Bonchev–Trinajstić information content (AvgIpc) is 2.77. The van der Waals surface area contributed by atoms with Crippen LogP contribution in [0.3, 0.4) is 0 Å². The highest BCUT2D eigenvalue weighted by Gasteiger charge is 2.20. The van der Waals surface area contributed by atoms with Crippen molar-refractivity contribution < 1.29 is 9.90 Å². The predicted octanol–water partition coefficient (Wildman–Crippen LogP) is 1.25. The second-order valence-electron chi connectivity index (χ2n) is 5.18. The summed E-state index contributed by atoms with van der Waals surface area (Å²) in [7, 11) is 0. The highest BCUT2D eigenvalue weighted by molar-refractivity contribution is 6.58. The van der Waals surface area contributed by atoms with Gasteiger partial charge in [0.1, 0.15) is 5.82 Å². The predicted molar refractivity (Wildman–Crippen MR) is 78.8 cm³/mol. The first kappa shape index (κ1) is 15.6. The van der Waals surface area contributed by atoms with Crippen LogP contribution in [0.1, 0.15) is 32.3 Å². The van der Waals surface area contributed by atoms with Crippen LogP contribution in [0.25, 0.3) is 6.20 Å². The molecule has 0 aliphatic rings. The second-order valence-corrected chi connectivity index (χ2v) is 5.18. The van der Waals surface area contributed by atoms with Crippen molar-refractivity contribution >= 4 is 24.1 Å². The fourth-order valence-electron chi connectivity index (χ4n) is 1.58. The number of carboxylic acid groups (broad SMARTS) is 1. The zero-order chi connectivity index (χ0) is 15.3. The number of carboxylic acids is 1. The molecule has 0 atom stereocenters. The van der Waals surface area contributed by atoms with Gasteiger partial charge in [-0.2, -0.15) is 5.10 Å². The molecular formula is C13H19N5O2. The summed E-state index contributed by atoms with van der Waals surface area (Å²) in [5.74, 6) is 4.59. The van der Waals surface area contributed by atoms with Gasteiger partial charge in [0.15, 0.2) is 5.71 Å². The van der Waals surface area contributed by atoms with E-state index in [0.717, 1.165) is 12.0 Å². The molecule has 0 radical (unpaired) electrons. The van der Waals surface area contributed by atoms with E-state index in [-0.39, 0.29) is 17.7 Å². The maximum absolute atomic E-state index is 10.7.